The summed E-state index contributed by atoms with van der Waals surface area (Å²) < 4.78 is 39.5. The number of rotatable bonds is 5. The number of hydrogen-bond acceptors (Lipinski definition) is 7. The van der Waals surface area contributed by atoms with E-state index < -0.39 is 11.7 Å². The quantitative estimate of drug-likeness (QED) is 0.516. The lowest BCUT2D eigenvalue weighted by molar-refractivity contribution is -0.137. The van der Waals surface area contributed by atoms with E-state index in [1.54, 1.807) is 4.90 Å². The van der Waals surface area contributed by atoms with Crippen molar-refractivity contribution in [2.24, 2.45) is 5.92 Å². The van der Waals surface area contributed by atoms with Gasteiger partial charge in [-0.1, -0.05) is 0 Å². The number of carbonyl (C=O) groups is 1. The predicted molar refractivity (Wildman–Crippen MR) is 119 cm³/mol. The van der Waals surface area contributed by atoms with E-state index in [1.807, 2.05) is 13.0 Å². The molecule has 178 valence electrons. The molecule has 9 nitrogen and oxygen atoms in total. The molecule has 0 unspecified atom stereocenters. The topological polar surface area (TPSA) is 137 Å². The molecule has 1 aliphatic heterocycles. The van der Waals surface area contributed by atoms with E-state index >= 15 is 0 Å². The molecule has 3 aromatic heterocycles. The summed E-state index contributed by atoms with van der Waals surface area (Å²) in [5, 5.41) is 12.2. The second kappa shape index (κ2) is 9.17. The SMILES string of the molecule is C[C@@H](Nc1ncc(N)c(-c2c[nH]c3ncc(C(F)(F)F)cc23)n1)C1CCN(C(=O)CC#N)CC1. The number of aromatic amines is 1. The van der Waals surface area contributed by atoms with E-state index in [4.69, 9.17) is 11.0 Å². The molecule has 4 heterocycles. The van der Waals surface area contributed by atoms with E-state index in [2.05, 4.69) is 25.3 Å². The first-order chi connectivity index (χ1) is 16.2. The molecule has 1 atom stereocenters. The summed E-state index contributed by atoms with van der Waals surface area (Å²) in [4.78, 5) is 29.0. The predicted octanol–water partition coefficient (Wildman–Crippen LogP) is 3.57. The summed E-state index contributed by atoms with van der Waals surface area (Å²) in [7, 11) is 0. The van der Waals surface area contributed by atoms with E-state index in [0.717, 1.165) is 25.1 Å². The first-order valence-electron chi connectivity index (χ1n) is 10.8. The highest BCUT2D eigenvalue weighted by Crippen LogP contribution is 2.35. The zero-order valence-electron chi connectivity index (χ0n) is 18.4. The van der Waals surface area contributed by atoms with Crippen molar-refractivity contribution in [3.63, 3.8) is 0 Å². The van der Waals surface area contributed by atoms with Gasteiger partial charge in [0.25, 0.3) is 0 Å². The molecule has 4 rings (SSSR count). The average molecular weight is 472 g/mol. The number of likely N-dealkylation sites (tertiary alicyclic amines) is 1. The summed E-state index contributed by atoms with van der Waals surface area (Å²) in [5.74, 6) is 0.395. The number of nitrogens with one attached hydrogen (secondary N) is 2. The Kier molecular flexibility index (Phi) is 6.28. The molecule has 1 amide bonds. The van der Waals surface area contributed by atoms with Crippen LogP contribution in [0.3, 0.4) is 0 Å². The van der Waals surface area contributed by atoms with Crippen LogP contribution < -0.4 is 11.1 Å². The Morgan fingerprint density at radius 1 is 1.35 bits per heavy atom. The largest absolute Gasteiger partial charge is 0.417 e. The lowest BCUT2D eigenvalue weighted by atomic mass is 9.90. The molecular weight excluding hydrogens is 449 g/mol. The third kappa shape index (κ3) is 4.73. The van der Waals surface area contributed by atoms with E-state index in [1.165, 1.54) is 12.4 Å². The Morgan fingerprint density at radius 3 is 2.76 bits per heavy atom. The monoisotopic (exact) mass is 472 g/mol. The zero-order chi connectivity index (χ0) is 24.5. The standard InChI is InChI=1S/C22H23F3N8O/c1-12(13-3-6-33(7-4-13)18(34)2-5-26)31-21-30-11-17(27)19(32-21)16-10-29-20-15(16)8-14(9-28-20)22(23,24)25/h8-13H,2-4,6-7,27H2,1H3,(H,28,29)(H,30,31,32)/t12-/m1/s1. The number of pyridine rings is 1. The minimum absolute atomic E-state index is 0.0221. The zero-order valence-corrected chi connectivity index (χ0v) is 18.4. The van der Waals surface area contributed by atoms with Gasteiger partial charge in [-0.15, -0.1) is 0 Å². The molecule has 0 aliphatic carbocycles. The van der Waals surface area contributed by atoms with Crippen LogP contribution in [0.4, 0.5) is 24.8 Å². The molecule has 1 fully saturated rings. The van der Waals surface area contributed by atoms with E-state index in [9.17, 15) is 18.0 Å². The van der Waals surface area contributed by atoms with Gasteiger partial charge in [0.1, 0.15) is 17.8 Å². The number of halogens is 3. The fourth-order valence-corrected chi connectivity index (χ4v) is 4.18. The molecule has 0 radical (unpaired) electrons. The third-order valence-corrected chi connectivity index (χ3v) is 6.12. The number of aromatic nitrogens is 4. The van der Waals surface area contributed by atoms with Gasteiger partial charge in [-0.3, -0.25) is 4.79 Å². The number of carbonyl (C=O) groups excluding carboxylic acids is 1. The number of anilines is 2. The molecular formula is C22H23F3N8O. The van der Waals surface area contributed by atoms with Gasteiger partial charge < -0.3 is 20.9 Å². The average Bonchev–Trinajstić information content (AvgIpc) is 3.23. The molecule has 3 aromatic rings. The first kappa shape index (κ1) is 23.3. The number of nitrogens with two attached hydrogens (primary N) is 1. The van der Waals surface area contributed by atoms with Crippen molar-refractivity contribution in [3.05, 3.63) is 30.2 Å². The van der Waals surface area contributed by atoms with Crippen molar-refractivity contribution in [2.45, 2.75) is 38.4 Å². The van der Waals surface area contributed by atoms with Gasteiger partial charge in [0, 0.05) is 42.5 Å². The summed E-state index contributed by atoms with van der Waals surface area (Å²) in [6, 6.07) is 2.88. The van der Waals surface area contributed by atoms with Crippen molar-refractivity contribution in [1.82, 2.24) is 24.8 Å². The second-order valence-corrected chi connectivity index (χ2v) is 8.30. The number of H-pyrrole nitrogens is 1. The van der Waals surface area contributed by atoms with Crippen LogP contribution in [0.5, 0.6) is 0 Å². The number of nitriles is 1. The van der Waals surface area contributed by atoms with E-state index in [0.29, 0.717) is 35.9 Å². The molecule has 34 heavy (non-hydrogen) atoms. The van der Waals surface area contributed by atoms with Crippen LogP contribution >= 0.6 is 0 Å². The smallest absolute Gasteiger partial charge is 0.396 e. The Balaban J connectivity index is 1.52. The van der Waals surface area contributed by atoms with Crippen molar-refractivity contribution in [3.8, 4) is 17.3 Å². The Labute approximate surface area is 193 Å². The van der Waals surface area contributed by atoms with Crippen molar-refractivity contribution in [1.29, 1.82) is 5.26 Å². The van der Waals surface area contributed by atoms with Crippen molar-refractivity contribution >= 4 is 28.6 Å². The minimum atomic E-state index is -4.52. The lowest BCUT2D eigenvalue weighted by Gasteiger charge is -2.34. The fraction of sp³-hybridized carbons (Fsp3) is 0.409. The molecule has 1 saturated heterocycles. The highest BCUT2D eigenvalue weighted by molar-refractivity contribution is 5.95. The molecule has 4 N–H and O–H groups in total. The van der Waals surface area contributed by atoms with Crippen LogP contribution in [0.25, 0.3) is 22.3 Å². The molecule has 0 bridgehead atoms. The van der Waals surface area contributed by atoms with Crippen molar-refractivity contribution in [2.75, 3.05) is 24.1 Å². The maximum absolute atomic E-state index is 13.2. The molecule has 0 saturated carbocycles. The number of hydrogen-bond donors (Lipinski definition) is 3. The van der Waals surface area contributed by atoms with Crippen LogP contribution in [0.15, 0.2) is 24.7 Å². The number of nitrogens with zero attached hydrogens (tertiary/aromatic N) is 5. The maximum atomic E-state index is 13.2. The first-order valence-corrected chi connectivity index (χ1v) is 10.8. The van der Waals surface area contributed by atoms with Crippen LogP contribution in [0.2, 0.25) is 0 Å². The van der Waals surface area contributed by atoms with Gasteiger partial charge in [0.15, 0.2) is 0 Å². The lowest BCUT2D eigenvalue weighted by Crippen LogP contribution is -2.42. The van der Waals surface area contributed by atoms with Gasteiger partial charge in [-0.2, -0.15) is 18.4 Å². The van der Waals surface area contributed by atoms with Crippen molar-refractivity contribution < 1.29 is 18.0 Å². The second-order valence-electron chi connectivity index (χ2n) is 8.30. The van der Waals surface area contributed by atoms with Crippen LogP contribution in [0, 0.1) is 17.2 Å². The van der Waals surface area contributed by atoms with Crippen LogP contribution in [-0.2, 0) is 11.0 Å². The summed E-state index contributed by atoms with van der Waals surface area (Å²) in [6.07, 6.45) is 0.610. The maximum Gasteiger partial charge on any atom is 0.417 e. The Morgan fingerprint density at radius 2 is 2.09 bits per heavy atom. The number of fused-ring (bicyclic) bond motifs is 1. The highest BCUT2D eigenvalue weighted by Gasteiger charge is 2.32. The number of amides is 1. The number of piperidine rings is 1. The molecule has 1 aliphatic rings. The summed E-state index contributed by atoms with van der Waals surface area (Å²) in [6.45, 7) is 3.14. The molecule has 12 heteroatoms. The van der Waals surface area contributed by atoms with E-state index in [-0.39, 0.29) is 35.4 Å². The van der Waals surface area contributed by atoms with Gasteiger partial charge >= 0.3 is 6.18 Å². The number of nitrogen functional groups attached to an aromatic ring is 1. The van der Waals surface area contributed by atoms with Gasteiger partial charge in [-0.25, -0.2) is 15.0 Å². The third-order valence-electron chi connectivity index (χ3n) is 6.12. The molecule has 0 spiro atoms. The molecule has 0 aromatic carbocycles. The fourth-order valence-electron chi connectivity index (χ4n) is 4.18. The Bertz CT molecular complexity index is 1240. The van der Waals surface area contributed by atoms with Gasteiger partial charge in [-0.05, 0) is 31.7 Å². The normalized spacial score (nSPS) is 15.8. The van der Waals surface area contributed by atoms with Crippen LogP contribution in [-0.4, -0.2) is 49.9 Å². The Hall–Kier alpha value is -3.88. The highest BCUT2D eigenvalue weighted by atomic mass is 19.4. The number of alkyl halides is 3. The van der Waals surface area contributed by atoms with Gasteiger partial charge in [0.2, 0.25) is 11.9 Å². The summed E-state index contributed by atoms with van der Waals surface area (Å²) >= 11 is 0. The minimum Gasteiger partial charge on any atom is -0.396 e. The summed E-state index contributed by atoms with van der Waals surface area (Å²) in [5.41, 5.74) is 6.42. The van der Waals surface area contributed by atoms with Gasteiger partial charge in [0.05, 0.1) is 23.5 Å². The van der Waals surface area contributed by atoms with Crippen LogP contribution in [0.1, 0.15) is 31.7 Å².